The Hall–Kier alpha value is -2.01. The monoisotopic (exact) mass is 325 g/mol. The van der Waals surface area contributed by atoms with Gasteiger partial charge in [0.05, 0.1) is 22.4 Å². The largest absolute Gasteiger partial charge is 0.480 e. The van der Waals surface area contributed by atoms with E-state index >= 15 is 0 Å². The van der Waals surface area contributed by atoms with Crippen molar-refractivity contribution in [1.29, 1.82) is 0 Å². The summed E-state index contributed by atoms with van der Waals surface area (Å²) in [6.45, 7) is 2.56. The van der Waals surface area contributed by atoms with E-state index in [4.69, 9.17) is 4.98 Å². The van der Waals surface area contributed by atoms with Crippen molar-refractivity contribution in [2.75, 3.05) is 0 Å². The molecule has 5 heteroatoms. The first-order chi connectivity index (χ1) is 11.6. The molecule has 2 aliphatic rings. The summed E-state index contributed by atoms with van der Waals surface area (Å²) in [5, 5.41) is 9.67. The molecule has 5 nitrogen and oxygen atoms in total. The maximum absolute atomic E-state index is 11.8. The lowest BCUT2D eigenvalue weighted by molar-refractivity contribution is -0.142. The van der Waals surface area contributed by atoms with Gasteiger partial charge in [0.1, 0.15) is 6.04 Å². The minimum absolute atomic E-state index is 0.382. The van der Waals surface area contributed by atoms with Gasteiger partial charge in [0.15, 0.2) is 0 Å². The highest BCUT2D eigenvalue weighted by Crippen LogP contribution is 2.40. The first kappa shape index (κ1) is 15.5. The molecule has 3 unspecified atom stereocenters. The summed E-state index contributed by atoms with van der Waals surface area (Å²) in [7, 11) is 0. The molecule has 0 radical (unpaired) electrons. The van der Waals surface area contributed by atoms with E-state index in [2.05, 4.69) is 9.88 Å². The van der Waals surface area contributed by atoms with Crippen LogP contribution < -0.4 is 0 Å². The van der Waals surface area contributed by atoms with Gasteiger partial charge < -0.3 is 5.11 Å². The van der Waals surface area contributed by atoms with Crippen LogP contribution >= 0.6 is 0 Å². The predicted molar refractivity (Wildman–Crippen MR) is 91.6 cm³/mol. The van der Waals surface area contributed by atoms with E-state index < -0.39 is 5.97 Å². The molecule has 0 amide bonds. The standard InChI is InChI=1S/C19H23N3O2/c1-12-16(21-15-8-4-3-7-14(15)20-12)11-22-17-9-5-2-6-13(17)10-18(22)19(23)24/h3-4,7-8,13,17-18H,2,5-6,9-11H2,1H3,(H,23,24). The average Bonchev–Trinajstić information content (AvgIpc) is 2.95. The Morgan fingerprint density at radius 2 is 1.92 bits per heavy atom. The fourth-order valence-electron chi connectivity index (χ4n) is 4.47. The number of hydrogen-bond acceptors (Lipinski definition) is 4. The van der Waals surface area contributed by atoms with Crippen LogP contribution in [0.1, 0.15) is 43.5 Å². The zero-order valence-electron chi connectivity index (χ0n) is 14.0. The molecule has 2 fully saturated rings. The fourth-order valence-corrected chi connectivity index (χ4v) is 4.47. The Bertz CT molecular complexity index is 776. The summed E-state index contributed by atoms with van der Waals surface area (Å²) in [4.78, 5) is 23.4. The molecular weight excluding hydrogens is 302 g/mol. The minimum atomic E-state index is -0.698. The number of carboxylic acid groups (broad SMARTS) is 1. The number of nitrogens with zero attached hydrogens (tertiary/aromatic N) is 3. The molecule has 4 rings (SSSR count). The summed E-state index contributed by atoms with van der Waals surface area (Å²) < 4.78 is 0. The van der Waals surface area contributed by atoms with Gasteiger partial charge in [0.2, 0.25) is 0 Å². The average molecular weight is 325 g/mol. The Morgan fingerprint density at radius 3 is 2.67 bits per heavy atom. The molecule has 1 aromatic carbocycles. The molecule has 1 aliphatic heterocycles. The molecule has 2 heterocycles. The molecule has 1 aliphatic carbocycles. The third-order valence-electron chi connectivity index (χ3n) is 5.68. The van der Waals surface area contributed by atoms with Crippen molar-refractivity contribution in [2.45, 2.75) is 57.7 Å². The van der Waals surface area contributed by atoms with Crippen molar-refractivity contribution in [2.24, 2.45) is 5.92 Å². The summed E-state index contributed by atoms with van der Waals surface area (Å²) in [5.41, 5.74) is 3.58. The SMILES string of the molecule is Cc1nc2ccccc2nc1CN1C(C(=O)O)CC2CCCCC21. The molecule has 1 aromatic heterocycles. The first-order valence-electron chi connectivity index (χ1n) is 8.84. The van der Waals surface area contributed by atoms with Crippen molar-refractivity contribution in [3.63, 3.8) is 0 Å². The first-order valence-corrected chi connectivity index (χ1v) is 8.84. The second-order valence-corrected chi connectivity index (χ2v) is 7.12. The van der Waals surface area contributed by atoms with Crippen LogP contribution in [0.15, 0.2) is 24.3 Å². The smallest absolute Gasteiger partial charge is 0.320 e. The van der Waals surface area contributed by atoms with Gasteiger partial charge in [-0.15, -0.1) is 0 Å². The molecule has 0 bridgehead atoms. The highest BCUT2D eigenvalue weighted by molar-refractivity contribution is 5.75. The van der Waals surface area contributed by atoms with Crippen LogP contribution in [0.2, 0.25) is 0 Å². The summed E-state index contributed by atoms with van der Waals surface area (Å²) in [6.07, 6.45) is 5.48. The quantitative estimate of drug-likeness (QED) is 0.939. The number of aliphatic carboxylic acids is 1. The molecule has 1 saturated carbocycles. The highest BCUT2D eigenvalue weighted by Gasteiger charge is 2.45. The number of carboxylic acids is 1. The van der Waals surface area contributed by atoms with Gasteiger partial charge in [-0.1, -0.05) is 25.0 Å². The van der Waals surface area contributed by atoms with Crippen LogP contribution in [0, 0.1) is 12.8 Å². The van der Waals surface area contributed by atoms with Crippen molar-refractivity contribution in [3.8, 4) is 0 Å². The zero-order chi connectivity index (χ0) is 16.7. The Morgan fingerprint density at radius 1 is 1.21 bits per heavy atom. The molecule has 2 aromatic rings. The number of benzene rings is 1. The predicted octanol–water partition coefficient (Wildman–Crippen LogP) is 3.16. The number of fused-ring (bicyclic) bond motifs is 2. The summed E-state index contributed by atoms with van der Waals surface area (Å²) >= 11 is 0. The Balaban J connectivity index is 1.67. The zero-order valence-corrected chi connectivity index (χ0v) is 14.0. The van der Waals surface area contributed by atoms with Gasteiger partial charge in [-0.05, 0) is 44.2 Å². The van der Waals surface area contributed by atoms with Crippen molar-refractivity contribution >= 4 is 17.0 Å². The van der Waals surface area contributed by atoms with E-state index in [1.54, 1.807) is 0 Å². The van der Waals surface area contributed by atoms with Gasteiger partial charge in [-0.25, -0.2) is 9.97 Å². The number of para-hydroxylation sites is 2. The van der Waals surface area contributed by atoms with Gasteiger partial charge in [-0.2, -0.15) is 0 Å². The molecule has 1 saturated heterocycles. The fraction of sp³-hybridized carbons (Fsp3) is 0.526. The van der Waals surface area contributed by atoms with E-state index in [0.29, 0.717) is 18.5 Å². The highest BCUT2D eigenvalue weighted by atomic mass is 16.4. The maximum Gasteiger partial charge on any atom is 0.320 e. The molecule has 1 N–H and O–H groups in total. The van der Waals surface area contributed by atoms with Crippen LogP contribution in [0.4, 0.5) is 0 Å². The van der Waals surface area contributed by atoms with E-state index in [1.807, 2.05) is 31.2 Å². The van der Waals surface area contributed by atoms with Crippen LogP contribution in [0.25, 0.3) is 11.0 Å². The number of aromatic nitrogens is 2. The number of likely N-dealkylation sites (tertiary alicyclic amines) is 1. The molecule has 0 spiro atoms. The topological polar surface area (TPSA) is 66.3 Å². The maximum atomic E-state index is 11.8. The normalized spacial score (nSPS) is 27.3. The van der Waals surface area contributed by atoms with Gasteiger partial charge in [-0.3, -0.25) is 9.69 Å². The van der Waals surface area contributed by atoms with E-state index in [-0.39, 0.29) is 6.04 Å². The van der Waals surface area contributed by atoms with E-state index in [0.717, 1.165) is 41.7 Å². The lowest BCUT2D eigenvalue weighted by atomic mass is 9.85. The molecular formula is C19H23N3O2. The summed E-state index contributed by atoms with van der Waals surface area (Å²) in [5.74, 6) is -0.177. The van der Waals surface area contributed by atoms with Gasteiger partial charge >= 0.3 is 5.97 Å². The number of hydrogen-bond donors (Lipinski definition) is 1. The van der Waals surface area contributed by atoms with Gasteiger partial charge in [0, 0.05) is 12.6 Å². The van der Waals surface area contributed by atoms with E-state index in [9.17, 15) is 9.90 Å². The third-order valence-corrected chi connectivity index (χ3v) is 5.68. The molecule has 126 valence electrons. The molecule has 3 atom stereocenters. The number of aryl methyl sites for hydroxylation is 1. The van der Waals surface area contributed by atoms with Crippen molar-refractivity contribution in [1.82, 2.24) is 14.9 Å². The second-order valence-electron chi connectivity index (χ2n) is 7.12. The van der Waals surface area contributed by atoms with Crippen molar-refractivity contribution in [3.05, 3.63) is 35.7 Å². The van der Waals surface area contributed by atoms with Crippen LogP contribution in [0.3, 0.4) is 0 Å². The van der Waals surface area contributed by atoms with Crippen LogP contribution in [-0.2, 0) is 11.3 Å². The summed E-state index contributed by atoms with van der Waals surface area (Å²) in [6, 6.07) is 7.85. The van der Waals surface area contributed by atoms with E-state index in [1.165, 1.54) is 12.8 Å². The number of carbonyl (C=O) groups is 1. The Labute approximate surface area is 141 Å². The second kappa shape index (κ2) is 6.13. The third kappa shape index (κ3) is 2.67. The lowest BCUT2D eigenvalue weighted by Crippen LogP contribution is -2.42. The van der Waals surface area contributed by atoms with Crippen LogP contribution in [0.5, 0.6) is 0 Å². The van der Waals surface area contributed by atoms with Crippen LogP contribution in [-0.4, -0.2) is 38.0 Å². The lowest BCUT2D eigenvalue weighted by Gasteiger charge is -2.32. The van der Waals surface area contributed by atoms with Crippen molar-refractivity contribution < 1.29 is 9.90 Å². The Kier molecular flexibility index (Phi) is 3.96. The minimum Gasteiger partial charge on any atom is -0.480 e. The number of rotatable bonds is 3. The molecule has 24 heavy (non-hydrogen) atoms. The van der Waals surface area contributed by atoms with Gasteiger partial charge in [0.25, 0.3) is 0 Å².